The Hall–Kier alpha value is -1.59. The second-order valence-electron chi connectivity index (χ2n) is 6.78. The molecule has 2 aromatic rings. The second kappa shape index (κ2) is 11.6. The molecule has 1 fully saturated rings. The van der Waals surface area contributed by atoms with Crippen LogP contribution in [0.15, 0.2) is 58.1 Å². The van der Waals surface area contributed by atoms with Gasteiger partial charge >= 0.3 is 0 Å². The molecular weight excluding hydrogens is 503 g/mol. The summed E-state index contributed by atoms with van der Waals surface area (Å²) in [5, 5.41) is 2.96. The fraction of sp³-hybridized carbons (Fsp3) is 0.450. The number of likely N-dealkylation sites (tertiary alicyclic amines) is 1. The van der Waals surface area contributed by atoms with E-state index < -0.39 is 15.3 Å². The fourth-order valence-electron chi connectivity index (χ4n) is 3.26. The summed E-state index contributed by atoms with van der Waals surface area (Å²) >= 11 is 0. The Morgan fingerprint density at radius 1 is 1.24 bits per heavy atom. The van der Waals surface area contributed by atoms with Crippen LogP contribution in [0, 0.1) is 0 Å². The van der Waals surface area contributed by atoms with Crippen LogP contribution in [0.4, 0.5) is 0 Å². The highest BCUT2D eigenvalue weighted by atomic mass is 127. The molecule has 7 nitrogen and oxygen atoms in total. The summed E-state index contributed by atoms with van der Waals surface area (Å²) < 4.78 is 32.7. The van der Waals surface area contributed by atoms with Crippen LogP contribution in [0.2, 0.25) is 0 Å². The SMILES string of the molecule is CCNS(=O)(=O)C1CCN(C(=NCc2ccccc2)NCCc2ccco2)C1.I. The van der Waals surface area contributed by atoms with Gasteiger partial charge in [0.1, 0.15) is 5.76 Å². The lowest BCUT2D eigenvalue weighted by molar-refractivity contribution is 0.478. The molecule has 0 amide bonds. The number of furan rings is 1. The predicted octanol–water partition coefficient (Wildman–Crippen LogP) is 2.60. The summed E-state index contributed by atoms with van der Waals surface area (Å²) in [6.45, 7) is 4.53. The van der Waals surface area contributed by atoms with Gasteiger partial charge in [-0.05, 0) is 24.1 Å². The maximum absolute atomic E-state index is 12.3. The van der Waals surface area contributed by atoms with Crippen LogP contribution in [0.5, 0.6) is 0 Å². The number of halogens is 1. The van der Waals surface area contributed by atoms with Crippen LogP contribution in [-0.2, 0) is 23.0 Å². The first-order valence-corrected chi connectivity index (χ1v) is 11.2. The van der Waals surface area contributed by atoms with Crippen LogP contribution in [-0.4, -0.2) is 50.7 Å². The smallest absolute Gasteiger partial charge is 0.216 e. The molecular formula is C20H29IN4O3S. The molecule has 3 rings (SSSR count). The maximum atomic E-state index is 12.3. The molecule has 160 valence electrons. The molecule has 1 saturated heterocycles. The van der Waals surface area contributed by atoms with Crippen LogP contribution in [0.3, 0.4) is 0 Å². The molecule has 9 heteroatoms. The third-order valence-electron chi connectivity index (χ3n) is 4.72. The Balaban J connectivity index is 0.00000300. The van der Waals surface area contributed by atoms with Gasteiger partial charge in [-0.2, -0.15) is 0 Å². The lowest BCUT2D eigenvalue weighted by Gasteiger charge is -2.22. The van der Waals surface area contributed by atoms with Crippen LogP contribution in [0.25, 0.3) is 0 Å². The summed E-state index contributed by atoms with van der Waals surface area (Å²) in [6.07, 6.45) is 3.00. The minimum Gasteiger partial charge on any atom is -0.469 e. The van der Waals surface area contributed by atoms with Gasteiger partial charge in [-0.25, -0.2) is 18.1 Å². The summed E-state index contributed by atoms with van der Waals surface area (Å²) in [7, 11) is -3.29. The first-order valence-electron chi connectivity index (χ1n) is 9.66. The molecule has 0 spiro atoms. The second-order valence-corrected chi connectivity index (χ2v) is 8.83. The number of guanidine groups is 1. The number of nitrogens with one attached hydrogen (secondary N) is 2. The van der Waals surface area contributed by atoms with Gasteiger partial charge in [-0.15, -0.1) is 24.0 Å². The van der Waals surface area contributed by atoms with E-state index >= 15 is 0 Å². The van der Waals surface area contributed by atoms with E-state index in [1.165, 1.54) is 0 Å². The van der Waals surface area contributed by atoms with Gasteiger partial charge in [0, 0.05) is 32.6 Å². The molecule has 1 aliphatic rings. The molecule has 0 radical (unpaired) electrons. The lowest BCUT2D eigenvalue weighted by atomic mass is 10.2. The van der Waals surface area contributed by atoms with E-state index in [1.54, 1.807) is 13.2 Å². The van der Waals surface area contributed by atoms with Crippen molar-refractivity contribution in [2.24, 2.45) is 4.99 Å². The van der Waals surface area contributed by atoms with Gasteiger partial charge in [-0.3, -0.25) is 0 Å². The summed E-state index contributed by atoms with van der Waals surface area (Å²) in [5.74, 6) is 1.65. The highest BCUT2D eigenvalue weighted by molar-refractivity contribution is 14.0. The molecule has 0 aliphatic carbocycles. The van der Waals surface area contributed by atoms with Gasteiger partial charge in [0.05, 0.1) is 18.1 Å². The number of sulfonamides is 1. The van der Waals surface area contributed by atoms with Crippen molar-refractivity contribution in [3.63, 3.8) is 0 Å². The number of hydrogen-bond acceptors (Lipinski definition) is 4. The van der Waals surface area contributed by atoms with Crippen molar-refractivity contribution in [1.82, 2.24) is 14.9 Å². The first-order chi connectivity index (χ1) is 13.6. The molecule has 1 atom stereocenters. The predicted molar refractivity (Wildman–Crippen MR) is 126 cm³/mol. The minimum absolute atomic E-state index is 0. The molecule has 2 heterocycles. The van der Waals surface area contributed by atoms with E-state index in [0.29, 0.717) is 39.1 Å². The van der Waals surface area contributed by atoms with E-state index in [4.69, 9.17) is 9.41 Å². The zero-order valence-corrected chi connectivity index (χ0v) is 19.7. The monoisotopic (exact) mass is 532 g/mol. The minimum atomic E-state index is -3.29. The molecule has 0 bridgehead atoms. The standard InChI is InChI=1S/C20H28N4O3S.HI/c1-2-23-28(25,26)19-11-13-24(16-19)20(21-12-10-18-9-6-14-27-18)22-15-17-7-4-3-5-8-17;/h3-9,14,19,23H,2,10-13,15-16H2,1H3,(H,21,22);1H. The van der Waals surface area contributed by atoms with Crippen LogP contribution >= 0.6 is 24.0 Å². The van der Waals surface area contributed by atoms with Crippen molar-refractivity contribution in [2.45, 2.75) is 31.6 Å². The highest BCUT2D eigenvalue weighted by Crippen LogP contribution is 2.17. The maximum Gasteiger partial charge on any atom is 0.216 e. The van der Waals surface area contributed by atoms with E-state index in [0.717, 1.165) is 23.7 Å². The summed E-state index contributed by atoms with van der Waals surface area (Å²) in [5.41, 5.74) is 1.11. The molecule has 2 N–H and O–H groups in total. The molecule has 0 saturated carbocycles. The van der Waals surface area contributed by atoms with Gasteiger partial charge in [0.2, 0.25) is 10.0 Å². The Bertz CT molecular complexity index is 857. The largest absolute Gasteiger partial charge is 0.469 e. The average Bonchev–Trinajstić information content (AvgIpc) is 3.37. The van der Waals surface area contributed by atoms with E-state index in [1.807, 2.05) is 47.4 Å². The fourth-order valence-corrected chi connectivity index (χ4v) is 4.69. The molecule has 29 heavy (non-hydrogen) atoms. The third-order valence-corrected chi connectivity index (χ3v) is 6.67. The van der Waals surface area contributed by atoms with Gasteiger partial charge in [-0.1, -0.05) is 37.3 Å². The Morgan fingerprint density at radius 2 is 2.03 bits per heavy atom. The number of nitrogens with zero attached hydrogens (tertiary/aromatic N) is 2. The molecule has 1 aromatic carbocycles. The van der Waals surface area contributed by atoms with E-state index in [9.17, 15) is 8.42 Å². The van der Waals surface area contributed by atoms with E-state index in [-0.39, 0.29) is 24.0 Å². The van der Waals surface area contributed by atoms with Crippen molar-refractivity contribution in [3.05, 3.63) is 60.1 Å². The van der Waals surface area contributed by atoms with Crippen molar-refractivity contribution in [2.75, 3.05) is 26.2 Å². The van der Waals surface area contributed by atoms with Crippen molar-refractivity contribution in [3.8, 4) is 0 Å². The van der Waals surface area contributed by atoms with Crippen molar-refractivity contribution >= 4 is 40.0 Å². The van der Waals surface area contributed by atoms with Gasteiger partial charge in [0.25, 0.3) is 0 Å². The Labute approximate surface area is 190 Å². The third kappa shape index (κ3) is 7.00. The summed E-state index contributed by atoms with van der Waals surface area (Å²) in [6, 6.07) is 13.8. The number of rotatable bonds is 8. The first kappa shape index (κ1) is 23.7. The summed E-state index contributed by atoms with van der Waals surface area (Å²) in [4.78, 5) is 6.78. The van der Waals surface area contributed by atoms with Crippen molar-refractivity contribution < 1.29 is 12.8 Å². The number of hydrogen-bond donors (Lipinski definition) is 2. The highest BCUT2D eigenvalue weighted by Gasteiger charge is 2.33. The number of benzene rings is 1. The van der Waals surface area contributed by atoms with Crippen LogP contribution in [0.1, 0.15) is 24.7 Å². The normalized spacial score (nSPS) is 17.2. The Kier molecular flexibility index (Phi) is 9.44. The average molecular weight is 532 g/mol. The lowest BCUT2D eigenvalue weighted by Crippen LogP contribution is -2.43. The molecule has 1 aliphatic heterocycles. The Morgan fingerprint density at radius 3 is 2.72 bits per heavy atom. The number of aliphatic imine (C=N–C) groups is 1. The van der Waals surface area contributed by atoms with Gasteiger partial charge < -0.3 is 14.6 Å². The zero-order valence-electron chi connectivity index (χ0n) is 16.6. The molecule has 1 unspecified atom stereocenters. The topological polar surface area (TPSA) is 86.9 Å². The van der Waals surface area contributed by atoms with E-state index in [2.05, 4.69) is 10.0 Å². The molecule has 1 aromatic heterocycles. The zero-order chi connectivity index (χ0) is 19.8. The van der Waals surface area contributed by atoms with Crippen LogP contribution < -0.4 is 10.0 Å². The van der Waals surface area contributed by atoms with Crippen molar-refractivity contribution in [1.29, 1.82) is 0 Å². The van der Waals surface area contributed by atoms with Gasteiger partial charge in [0.15, 0.2) is 5.96 Å². The quantitative estimate of drug-likeness (QED) is 0.310.